The van der Waals surface area contributed by atoms with Gasteiger partial charge in [-0.05, 0) is 41.9 Å². The summed E-state index contributed by atoms with van der Waals surface area (Å²) in [5, 5.41) is 7.91. The van der Waals surface area contributed by atoms with E-state index < -0.39 is 0 Å². The van der Waals surface area contributed by atoms with Gasteiger partial charge in [-0.3, -0.25) is 9.67 Å². The number of halogens is 1. The first-order chi connectivity index (χ1) is 9.47. The predicted octanol–water partition coefficient (Wildman–Crippen LogP) is 3.20. The molecule has 0 aliphatic carbocycles. The number of aromatic nitrogens is 3. The molecule has 5 heteroatoms. The second kappa shape index (κ2) is 6.50. The molecule has 2 aromatic rings. The van der Waals surface area contributed by atoms with E-state index in [0.29, 0.717) is 12.6 Å². The molecular formula is C15H21BrN4. The van der Waals surface area contributed by atoms with Gasteiger partial charge in [0.2, 0.25) is 0 Å². The molecule has 0 aliphatic heterocycles. The molecule has 0 bridgehead atoms. The summed E-state index contributed by atoms with van der Waals surface area (Å²) in [6, 6.07) is 6.62. The number of rotatable bonds is 5. The first-order valence-electron chi connectivity index (χ1n) is 6.85. The van der Waals surface area contributed by atoms with Crippen LogP contribution in [0.3, 0.4) is 0 Å². The third kappa shape index (κ3) is 3.67. The molecule has 2 rings (SSSR count). The van der Waals surface area contributed by atoms with Crippen LogP contribution in [0.4, 0.5) is 0 Å². The molecule has 0 aromatic carbocycles. The molecule has 20 heavy (non-hydrogen) atoms. The molecule has 108 valence electrons. The fraction of sp³-hybridized carbons (Fsp3) is 0.467. The van der Waals surface area contributed by atoms with Gasteiger partial charge in [0, 0.05) is 12.6 Å². The zero-order valence-corrected chi connectivity index (χ0v) is 14.0. The molecule has 0 fully saturated rings. The van der Waals surface area contributed by atoms with Crippen molar-refractivity contribution < 1.29 is 0 Å². The van der Waals surface area contributed by atoms with Crippen LogP contribution in [0.1, 0.15) is 36.6 Å². The Hall–Kier alpha value is -1.20. The van der Waals surface area contributed by atoms with Crippen LogP contribution in [0.15, 0.2) is 22.7 Å². The lowest BCUT2D eigenvalue weighted by molar-refractivity contribution is 0.577. The van der Waals surface area contributed by atoms with Crippen molar-refractivity contribution in [3.8, 4) is 0 Å². The highest BCUT2D eigenvalue weighted by Crippen LogP contribution is 2.20. The molecule has 0 atom stereocenters. The summed E-state index contributed by atoms with van der Waals surface area (Å²) < 4.78 is 3.07. The van der Waals surface area contributed by atoms with Gasteiger partial charge in [-0.25, -0.2) is 0 Å². The van der Waals surface area contributed by atoms with Crippen molar-refractivity contribution in [3.05, 3.63) is 45.4 Å². The number of hydrogen-bond acceptors (Lipinski definition) is 3. The van der Waals surface area contributed by atoms with Gasteiger partial charge in [-0.2, -0.15) is 5.10 Å². The second-order valence-corrected chi connectivity index (χ2v) is 6.09. The molecule has 1 N–H and O–H groups in total. The lowest BCUT2D eigenvalue weighted by Gasteiger charge is -2.09. The Labute approximate surface area is 128 Å². The Balaban J connectivity index is 2.13. The maximum atomic E-state index is 4.68. The highest BCUT2D eigenvalue weighted by molar-refractivity contribution is 9.10. The van der Waals surface area contributed by atoms with Gasteiger partial charge >= 0.3 is 0 Å². The van der Waals surface area contributed by atoms with E-state index in [1.165, 1.54) is 0 Å². The van der Waals surface area contributed by atoms with Crippen LogP contribution in [0.25, 0.3) is 0 Å². The minimum atomic E-state index is 0.465. The molecule has 0 spiro atoms. The average Bonchev–Trinajstić information content (AvgIpc) is 2.65. The first-order valence-corrected chi connectivity index (χ1v) is 7.64. The van der Waals surface area contributed by atoms with E-state index in [4.69, 9.17) is 0 Å². The molecule has 0 unspecified atom stereocenters. The van der Waals surface area contributed by atoms with Crippen LogP contribution >= 0.6 is 15.9 Å². The molecule has 4 nitrogen and oxygen atoms in total. The SMILES string of the molecule is Cc1nn(Cc2cccc(CNC(C)C)n2)c(C)c1Br. The van der Waals surface area contributed by atoms with E-state index >= 15 is 0 Å². The molecular weight excluding hydrogens is 316 g/mol. The minimum absolute atomic E-state index is 0.465. The largest absolute Gasteiger partial charge is 0.309 e. The zero-order chi connectivity index (χ0) is 14.7. The van der Waals surface area contributed by atoms with Gasteiger partial charge in [-0.1, -0.05) is 19.9 Å². The quantitative estimate of drug-likeness (QED) is 0.911. The minimum Gasteiger partial charge on any atom is -0.309 e. The van der Waals surface area contributed by atoms with E-state index in [9.17, 15) is 0 Å². The van der Waals surface area contributed by atoms with Gasteiger partial charge in [0.1, 0.15) is 0 Å². The van der Waals surface area contributed by atoms with Crippen LogP contribution in [0.2, 0.25) is 0 Å². The molecule has 0 aliphatic rings. The predicted molar refractivity (Wildman–Crippen MR) is 84.7 cm³/mol. The van der Waals surface area contributed by atoms with Crippen molar-refractivity contribution in [1.29, 1.82) is 0 Å². The summed E-state index contributed by atoms with van der Waals surface area (Å²) in [4.78, 5) is 4.68. The Morgan fingerprint density at radius 1 is 1.25 bits per heavy atom. The van der Waals surface area contributed by atoms with Crippen molar-refractivity contribution in [1.82, 2.24) is 20.1 Å². The van der Waals surface area contributed by atoms with Gasteiger partial charge in [0.15, 0.2) is 0 Å². The highest BCUT2D eigenvalue weighted by Gasteiger charge is 2.09. The van der Waals surface area contributed by atoms with E-state index in [2.05, 4.69) is 64.2 Å². The van der Waals surface area contributed by atoms with Gasteiger partial charge in [-0.15, -0.1) is 0 Å². The summed E-state index contributed by atoms with van der Waals surface area (Å²) in [6.45, 7) is 9.84. The average molecular weight is 337 g/mol. The molecule has 2 heterocycles. The van der Waals surface area contributed by atoms with Crippen molar-refractivity contribution in [2.45, 2.75) is 46.8 Å². The molecule has 0 saturated heterocycles. The number of nitrogens with zero attached hydrogens (tertiary/aromatic N) is 3. The van der Waals surface area contributed by atoms with Gasteiger partial charge in [0.05, 0.1) is 33.8 Å². The summed E-state index contributed by atoms with van der Waals surface area (Å²) in [6.07, 6.45) is 0. The van der Waals surface area contributed by atoms with Crippen LogP contribution < -0.4 is 5.32 Å². The molecule has 0 amide bonds. The van der Waals surface area contributed by atoms with Crippen molar-refractivity contribution in [3.63, 3.8) is 0 Å². The van der Waals surface area contributed by atoms with Gasteiger partial charge in [0.25, 0.3) is 0 Å². The Bertz CT molecular complexity index is 590. The lowest BCUT2D eigenvalue weighted by Crippen LogP contribution is -2.22. The molecule has 0 saturated carbocycles. The van der Waals surface area contributed by atoms with Crippen molar-refractivity contribution >= 4 is 15.9 Å². The van der Waals surface area contributed by atoms with E-state index in [-0.39, 0.29) is 0 Å². The lowest BCUT2D eigenvalue weighted by atomic mass is 10.2. The number of aryl methyl sites for hydroxylation is 1. The first kappa shape index (κ1) is 15.2. The maximum Gasteiger partial charge on any atom is 0.0835 e. The van der Waals surface area contributed by atoms with Crippen molar-refractivity contribution in [2.24, 2.45) is 0 Å². The Morgan fingerprint density at radius 3 is 2.55 bits per heavy atom. The smallest absolute Gasteiger partial charge is 0.0835 e. The summed E-state index contributed by atoms with van der Waals surface area (Å²) in [5.41, 5.74) is 4.25. The van der Waals surface area contributed by atoms with Crippen LogP contribution in [-0.2, 0) is 13.1 Å². The van der Waals surface area contributed by atoms with Crippen LogP contribution in [-0.4, -0.2) is 20.8 Å². The Morgan fingerprint density at radius 2 is 1.95 bits per heavy atom. The van der Waals surface area contributed by atoms with Crippen LogP contribution in [0.5, 0.6) is 0 Å². The number of nitrogens with one attached hydrogen (secondary N) is 1. The normalized spacial score (nSPS) is 11.3. The fourth-order valence-electron chi connectivity index (χ4n) is 2.01. The number of pyridine rings is 1. The highest BCUT2D eigenvalue weighted by atomic mass is 79.9. The van der Waals surface area contributed by atoms with Crippen LogP contribution in [0, 0.1) is 13.8 Å². The third-order valence-electron chi connectivity index (χ3n) is 3.16. The zero-order valence-electron chi connectivity index (χ0n) is 12.4. The van der Waals surface area contributed by atoms with E-state index in [1.54, 1.807) is 0 Å². The maximum absolute atomic E-state index is 4.68. The standard InChI is InChI=1S/C15H21BrN4/c1-10(2)17-8-13-6-5-7-14(18-13)9-20-12(4)15(16)11(3)19-20/h5-7,10,17H,8-9H2,1-4H3. The van der Waals surface area contributed by atoms with E-state index in [1.807, 2.05) is 17.7 Å². The fourth-order valence-corrected chi connectivity index (χ4v) is 2.29. The second-order valence-electron chi connectivity index (χ2n) is 5.30. The topological polar surface area (TPSA) is 42.7 Å². The summed E-state index contributed by atoms with van der Waals surface area (Å²) in [7, 11) is 0. The van der Waals surface area contributed by atoms with E-state index in [0.717, 1.165) is 33.8 Å². The number of hydrogen-bond donors (Lipinski definition) is 1. The molecule has 2 aromatic heterocycles. The van der Waals surface area contributed by atoms with Gasteiger partial charge < -0.3 is 5.32 Å². The van der Waals surface area contributed by atoms with Crippen molar-refractivity contribution in [2.75, 3.05) is 0 Å². The monoisotopic (exact) mass is 336 g/mol. The summed E-state index contributed by atoms with van der Waals surface area (Å²) >= 11 is 3.55. The third-order valence-corrected chi connectivity index (χ3v) is 4.31. The Kier molecular flexibility index (Phi) is 4.94. The summed E-state index contributed by atoms with van der Waals surface area (Å²) in [5.74, 6) is 0. The molecule has 0 radical (unpaired) electrons.